The van der Waals surface area contributed by atoms with Gasteiger partial charge in [0.1, 0.15) is 30.5 Å². The van der Waals surface area contributed by atoms with Crippen molar-refractivity contribution < 1.29 is 56.2 Å². The number of hydrogen-bond acceptors (Lipinski definition) is 11. The Balaban J connectivity index is 2.33. The molecular formula is C50H94O12S. The summed E-state index contributed by atoms with van der Waals surface area (Å²) in [4.78, 5) is 12.9. The van der Waals surface area contributed by atoms with E-state index in [9.17, 15) is 33.1 Å². The molecule has 0 bridgehead atoms. The predicted octanol–water partition coefficient (Wildman–Crippen LogP) is 11.6. The van der Waals surface area contributed by atoms with Crippen molar-refractivity contribution in [2.75, 3.05) is 26.4 Å². The summed E-state index contributed by atoms with van der Waals surface area (Å²) in [5.41, 5.74) is 0. The molecule has 6 atom stereocenters. The number of carbonyl (C=O) groups is 1. The average Bonchev–Trinajstić information content (AvgIpc) is 3.26. The first-order valence-electron chi connectivity index (χ1n) is 25.6. The highest BCUT2D eigenvalue weighted by molar-refractivity contribution is 7.80. The van der Waals surface area contributed by atoms with Crippen molar-refractivity contribution in [1.29, 1.82) is 0 Å². The van der Waals surface area contributed by atoms with Gasteiger partial charge in [0.05, 0.1) is 19.8 Å². The Bertz CT molecular complexity index is 1200. The number of carbonyl (C=O) groups excluding carboxylic acids is 1. The van der Waals surface area contributed by atoms with Crippen LogP contribution < -0.4 is 0 Å². The lowest BCUT2D eigenvalue weighted by Gasteiger charge is -2.41. The number of aliphatic hydroxyl groups excluding tert-OH is 3. The first-order chi connectivity index (χ1) is 30.6. The fourth-order valence-electron chi connectivity index (χ4n) is 7.95. The van der Waals surface area contributed by atoms with Crippen LogP contribution in [0.3, 0.4) is 0 Å². The molecule has 372 valence electrons. The van der Waals surface area contributed by atoms with Gasteiger partial charge in [-0.3, -0.25) is 9.35 Å². The molecule has 0 spiro atoms. The summed E-state index contributed by atoms with van der Waals surface area (Å²) in [5, 5.41) is 30.7. The van der Waals surface area contributed by atoms with Gasteiger partial charge in [-0.25, -0.2) is 4.18 Å². The second-order valence-electron chi connectivity index (χ2n) is 17.8. The van der Waals surface area contributed by atoms with Gasteiger partial charge in [0.25, 0.3) is 0 Å². The van der Waals surface area contributed by atoms with Crippen molar-refractivity contribution in [3.05, 3.63) is 24.3 Å². The largest absolute Gasteiger partial charge is 0.457 e. The second kappa shape index (κ2) is 42.0. The van der Waals surface area contributed by atoms with E-state index in [-0.39, 0.29) is 19.6 Å². The van der Waals surface area contributed by atoms with E-state index in [1.165, 1.54) is 135 Å². The molecule has 1 aliphatic heterocycles. The van der Waals surface area contributed by atoms with E-state index in [0.29, 0.717) is 13.0 Å². The van der Waals surface area contributed by atoms with E-state index < -0.39 is 59.8 Å². The molecule has 6 unspecified atom stereocenters. The van der Waals surface area contributed by atoms with Crippen molar-refractivity contribution in [3.63, 3.8) is 0 Å². The van der Waals surface area contributed by atoms with E-state index in [4.69, 9.17) is 18.9 Å². The van der Waals surface area contributed by atoms with Crippen LogP contribution >= 0.6 is 0 Å². The third kappa shape index (κ3) is 35.4. The Kier molecular flexibility index (Phi) is 39.7. The number of aliphatic hydroxyl groups is 3. The van der Waals surface area contributed by atoms with Crippen molar-refractivity contribution >= 4 is 16.4 Å². The zero-order valence-corrected chi connectivity index (χ0v) is 40.7. The van der Waals surface area contributed by atoms with Crippen LogP contribution in [0, 0.1) is 0 Å². The maximum absolute atomic E-state index is 12.9. The minimum Gasteiger partial charge on any atom is -0.457 e. The Morgan fingerprint density at radius 3 is 1.57 bits per heavy atom. The first-order valence-corrected chi connectivity index (χ1v) is 27.0. The molecule has 1 heterocycles. The van der Waals surface area contributed by atoms with Gasteiger partial charge in [-0.15, -0.1) is 0 Å². The van der Waals surface area contributed by atoms with E-state index in [1.807, 2.05) is 0 Å². The zero-order chi connectivity index (χ0) is 46.1. The summed E-state index contributed by atoms with van der Waals surface area (Å²) in [6, 6.07) is 0. The maximum Gasteiger partial charge on any atom is 0.397 e. The molecule has 1 aliphatic rings. The summed E-state index contributed by atoms with van der Waals surface area (Å²) in [7, 11) is -5.06. The van der Waals surface area contributed by atoms with Crippen LogP contribution in [-0.4, -0.2) is 97.5 Å². The topological polar surface area (TPSA) is 178 Å². The number of hydrogen-bond donors (Lipinski definition) is 4. The lowest BCUT2D eigenvalue weighted by Crippen LogP contribution is -2.60. The highest BCUT2D eigenvalue weighted by atomic mass is 32.3. The highest BCUT2D eigenvalue weighted by Crippen LogP contribution is 2.26. The molecule has 0 amide bonds. The standard InChI is InChI=1S/C50H94O12S/c1-3-5-7-9-11-13-15-17-19-20-21-22-23-24-25-26-27-29-31-33-35-37-39-46(52)60-44(42-58-40-38-36-34-32-30-28-18-16-14-12-10-8-6-4-2)43-59-50-48(54)49(62-63(55,56)57)47(53)45(41-51)61-50/h8,10,14,16,44-45,47-51,53-54H,3-7,9,11-13,15,17-43H2,1-2H3,(H,55,56,57)/b10-8-,16-14-. The van der Waals surface area contributed by atoms with Crippen LogP contribution in [0.5, 0.6) is 0 Å². The van der Waals surface area contributed by atoms with Gasteiger partial charge < -0.3 is 34.3 Å². The Morgan fingerprint density at radius 1 is 0.603 bits per heavy atom. The zero-order valence-electron chi connectivity index (χ0n) is 39.9. The SMILES string of the molecule is CCC/C=C\C/C=C\CCCCCCCCOCC(COC1OC(CO)C(O)C(OS(=O)(=O)O)C1O)OC(=O)CCCCCCCCCCCCCCCCCCCCCCCC. The minimum atomic E-state index is -5.06. The summed E-state index contributed by atoms with van der Waals surface area (Å²) in [6.07, 6.45) is 39.3. The fraction of sp³-hybridized carbons (Fsp3) is 0.900. The molecule has 0 radical (unpaired) electrons. The van der Waals surface area contributed by atoms with Crippen LogP contribution in [0.25, 0.3) is 0 Å². The molecule has 0 aromatic carbocycles. The van der Waals surface area contributed by atoms with Gasteiger partial charge in [-0.05, 0) is 38.5 Å². The third-order valence-electron chi connectivity index (χ3n) is 11.8. The van der Waals surface area contributed by atoms with Gasteiger partial charge in [-0.2, -0.15) is 8.42 Å². The number of rotatable bonds is 45. The minimum absolute atomic E-state index is 0.0326. The molecule has 0 aliphatic carbocycles. The third-order valence-corrected chi connectivity index (χ3v) is 12.3. The van der Waals surface area contributed by atoms with Gasteiger partial charge in [-0.1, -0.05) is 205 Å². The lowest BCUT2D eigenvalue weighted by molar-refractivity contribution is -0.301. The first kappa shape index (κ1) is 59.6. The molecule has 13 heteroatoms. The number of allylic oxidation sites excluding steroid dienone is 4. The monoisotopic (exact) mass is 919 g/mol. The van der Waals surface area contributed by atoms with Crippen LogP contribution in [-0.2, 0) is 38.3 Å². The molecule has 1 rings (SSSR count). The second-order valence-corrected chi connectivity index (χ2v) is 18.8. The van der Waals surface area contributed by atoms with Gasteiger partial charge >= 0.3 is 16.4 Å². The number of unbranched alkanes of at least 4 members (excludes halogenated alkanes) is 28. The molecule has 4 N–H and O–H groups in total. The molecule has 1 fully saturated rings. The van der Waals surface area contributed by atoms with E-state index >= 15 is 0 Å². The molecule has 12 nitrogen and oxygen atoms in total. The van der Waals surface area contributed by atoms with Crippen LogP contribution in [0.1, 0.15) is 226 Å². The van der Waals surface area contributed by atoms with Crippen LogP contribution in [0.2, 0.25) is 0 Å². The van der Waals surface area contributed by atoms with E-state index in [2.05, 4.69) is 42.3 Å². The molecular weight excluding hydrogens is 825 g/mol. The smallest absolute Gasteiger partial charge is 0.397 e. The number of esters is 1. The molecule has 63 heavy (non-hydrogen) atoms. The summed E-state index contributed by atoms with van der Waals surface area (Å²) >= 11 is 0. The van der Waals surface area contributed by atoms with E-state index in [0.717, 1.165) is 64.2 Å². The Labute approximate surface area is 384 Å². The molecule has 0 aromatic heterocycles. The van der Waals surface area contributed by atoms with Crippen LogP contribution in [0.15, 0.2) is 24.3 Å². The Hall–Kier alpha value is -1.42. The van der Waals surface area contributed by atoms with E-state index in [1.54, 1.807) is 0 Å². The Morgan fingerprint density at radius 2 is 1.08 bits per heavy atom. The fourth-order valence-corrected chi connectivity index (χ4v) is 8.46. The van der Waals surface area contributed by atoms with Gasteiger partial charge in [0, 0.05) is 13.0 Å². The lowest BCUT2D eigenvalue weighted by atomic mass is 9.99. The normalized spacial score (nSPS) is 20.0. The maximum atomic E-state index is 12.9. The molecule has 0 aromatic rings. The van der Waals surface area contributed by atoms with Crippen molar-refractivity contribution in [2.24, 2.45) is 0 Å². The number of ether oxygens (including phenoxy) is 4. The summed E-state index contributed by atoms with van der Waals surface area (Å²) in [6.45, 7) is 3.94. The molecule has 1 saturated heterocycles. The highest BCUT2D eigenvalue weighted by Gasteiger charge is 2.48. The molecule has 0 saturated carbocycles. The van der Waals surface area contributed by atoms with Gasteiger partial charge in [0.2, 0.25) is 0 Å². The quantitative estimate of drug-likeness (QED) is 0.0197. The van der Waals surface area contributed by atoms with Crippen molar-refractivity contribution in [2.45, 2.75) is 263 Å². The summed E-state index contributed by atoms with van der Waals surface area (Å²) < 4.78 is 59.2. The van der Waals surface area contributed by atoms with Crippen molar-refractivity contribution in [1.82, 2.24) is 0 Å². The average molecular weight is 919 g/mol. The van der Waals surface area contributed by atoms with Gasteiger partial charge in [0.15, 0.2) is 6.29 Å². The van der Waals surface area contributed by atoms with Crippen LogP contribution in [0.4, 0.5) is 0 Å². The summed E-state index contributed by atoms with van der Waals surface area (Å²) in [5.74, 6) is -0.399. The predicted molar refractivity (Wildman–Crippen MR) is 253 cm³/mol. The van der Waals surface area contributed by atoms with Crippen molar-refractivity contribution in [3.8, 4) is 0 Å².